The van der Waals surface area contributed by atoms with Gasteiger partial charge in [-0.1, -0.05) is 56.8 Å². The fraction of sp³-hybridized carbons (Fsp3) is 0.250. The molecule has 2 amide bonds. The Morgan fingerprint density at radius 1 is 1.04 bits per heavy atom. The molecule has 3 aromatic rings. The molecule has 27 heavy (non-hydrogen) atoms. The minimum Gasteiger partial charge on any atom is -0.333 e. The van der Waals surface area contributed by atoms with E-state index in [2.05, 4.69) is 20.8 Å². The van der Waals surface area contributed by atoms with Gasteiger partial charge in [-0.25, -0.2) is 4.98 Å². The first-order chi connectivity index (χ1) is 12.8. The molecule has 1 aromatic heterocycles. The number of para-hydroxylation sites is 2. The maximum atomic E-state index is 12.1. The SMILES string of the molecule is CC(C)(C)C(=O)NNC(=O)c1ccc(CSc2nc3ccccc3[nH]2)cc1. The third-order valence-corrected chi connectivity index (χ3v) is 4.87. The lowest BCUT2D eigenvalue weighted by molar-refractivity contribution is -0.129. The molecule has 3 N–H and O–H groups in total. The standard InChI is InChI=1S/C20H22N4O2S/c1-20(2,3)18(26)24-23-17(25)14-10-8-13(9-11-14)12-27-19-21-15-6-4-5-7-16(15)22-19/h4-11H,12H2,1-3H3,(H,21,22)(H,23,25)(H,24,26). The number of nitrogens with one attached hydrogen (secondary N) is 3. The van der Waals surface area contributed by atoms with Crippen LogP contribution in [0.1, 0.15) is 36.7 Å². The van der Waals surface area contributed by atoms with Crippen molar-refractivity contribution in [3.63, 3.8) is 0 Å². The summed E-state index contributed by atoms with van der Waals surface area (Å²) in [6.45, 7) is 5.34. The van der Waals surface area contributed by atoms with E-state index in [-0.39, 0.29) is 11.8 Å². The van der Waals surface area contributed by atoms with Gasteiger partial charge in [-0.3, -0.25) is 20.4 Å². The summed E-state index contributed by atoms with van der Waals surface area (Å²) in [7, 11) is 0. The maximum Gasteiger partial charge on any atom is 0.269 e. The molecule has 0 saturated heterocycles. The van der Waals surface area contributed by atoms with E-state index in [0.717, 1.165) is 27.5 Å². The summed E-state index contributed by atoms with van der Waals surface area (Å²) in [5.41, 5.74) is 7.85. The van der Waals surface area contributed by atoms with Crippen molar-refractivity contribution in [3.05, 3.63) is 59.7 Å². The van der Waals surface area contributed by atoms with E-state index >= 15 is 0 Å². The second kappa shape index (κ2) is 7.84. The van der Waals surface area contributed by atoms with Gasteiger partial charge in [0.15, 0.2) is 5.16 Å². The average Bonchev–Trinajstić information content (AvgIpc) is 3.06. The van der Waals surface area contributed by atoms with E-state index in [1.807, 2.05) is 36.4 Å². The van der Waals surface area contributed by atoms with Crippen LogP contribution in [0.15, 0.2) is 53.7 Å². The van der Waals surface area contributed by atoms with Crippen molar-refractivity contribution in [2.75, 3.05) is 0 Å². The van der Waals surface area contributed by atoms with Gasteiger partial charge >= 0.3 is 0 Å². The molecule has 0 bridgehead atoms. The second-order valence-corrected chi connectivity index (χ2v) is 8.17. The molecule has 0 aliphatic carbocycles. The average molecular weight is 382 g/mol. The number of nitrogens with zero attached hydrogens (tertiary/aromatic N) is 1. The zero-order valence-corrected chi connectivity index (χ0v) is 16.3. The minimum absolute atomic E-state index is 0.241. The number of thioether (sulfide) groups is 1. The Hall–Kier alpha value is -2.80. The molecular formula is C20H22N4O2S. The van der Waals surface area contributed by atoms with Crippen molar-refractivity contribution >= 4 is 34.6 Å². The predicted molar refractivity (Wildman–Crippen MR) is 107 cm³/mol. The molecule has 140 valence electrons. The smallest absolute Gasteiger partial charge is 0.269 e. The van der Waals surface area contributed by atoms with E-state index in [0.29, 0.717) is 5.56 Å². The number of amides is 2. The molecule has 0 unspecified atom stereocenters. The summed E-state index contributed by atoms with van der Waals surface area (Å²) in [6.07, 6.45) is 0. The summed E-state index contributed by atoms with van der Waals surface area (Å²) in [4.78, 5) is 31.7. The topological polar surface area (TPSA) is 86.9 Å². The van der Waals surface area contributed by atoms with E-state index in [4.69, 9.17) is 0 Å². The molecule has 0 spiro atoms. The number of carbonyl (C=O) groups excluding carboxylic acids is 2. The number of hydrogen-bond acceptors (Lipinski definition) is 4. The zero-order valence-electron chi connectivity index (χ0n) is 15.5. The number of aromatic nitrogens is 2. The number of aromatic amines is 1. The third-order valence-electron chi connectivity index (χ3n) is 3.93. The van der Waals surface area contributed by atoms with Crippen LogP contribution < -0.4 is 10.9 Å². The zero-order chi connectivity index (χ0) is 19.4. The first-order valence-electron chi connectivity index (χ1n) is 8.60. The highest BCUT2D eigenvalue weighted by atomic mass is 32.2. The van der Waals surface area contributed by atoms with Crippen LogP contribution in [-0.4, -0.2) is 21.8 Å². The number of hydrazine groups is 1. The Balaban J connectivity index is 1.55. The molecule has 2 aromatic carbocycles. The van der Waals surface area contributed by atoms with Crippen molar-refractivity contribution in [1.29, 1.82) is 0 Å². The number of fused-ring (bicyclic) bond motifs is 1. The van der Waals surface area contributed by atoms with E-state index in [1.54, 1.807) is 44.7 Å². The fourth-order valence-electron chi connectivity index (χ4n) is 2.27. The van der Waals surface area contributed by atoms with Crippen molar-refractivity contribution in [1.82, 2.24) is 20.8 Å². The molecule has 0 atom stereocenters. The van der Waals surface area contributed by atoms with Gasteiger partial charge in [-0.05, 0) is 29.8 Å². The van der Waals surface area contributed by atoms with Crippen LogP contribution in [0.5, 0.6) is 0 Å². The highest BCUT2D eigenvalue weighted by Gasteiger charge is 2.21. The molecule has 0 aliphatic rings. The summed E-state index contributed by atoms with van der Waals surface area (Å²) >= 11 is 1.61. The number of hydrogen-bond donors (Lipinski definition) is 3. The first kappa shape index (κ1) is 19.0. The van der Waals surface area contributed by atoms with Crippen LogP contribution in [0.4, 0.5) is 0 Å². The number of carbonyl (C=O) groups is 2. The molecule has 0 radical (unpaired) electrons. The molecular weight excluding hydrogens is 360 g/mol. The Bertz CT molecular complexity index is 925. The van der Waals surface area contributed by atoms with E-state index in [9.17, 15) is 9.59 Å². The number of rotatable bonds is 4. The van der Waals surface area contributed by atoms with Gasteiger partial charge in [-0.2, -0.15) is 0 Å². The minimum atomic E-state index is -0.564. The summed E-state index contributed by atoms with van der Waals surface area (Å²) in [5.74, 6) is 0.154. The van der Waals surface area contributed by atoms with Crippen LogP contribution >= 0.6 is 11.8 Å². The third kappa shape index (κ3) is 4.89. The summed E-state index contributed by atoms with van der Waals surface area (Å²) in [6, 6.07) is 15.2. The van der Waals surface area contributed by atoms with Gasteiger partial charge < -0.3 is 4.98 Å². The lowest BCUT2D eigenvalue weighted by atomic mass is 9.96. The highest BCUT2D eigenvalue weighted by Crippen LogP contribution is 2.23. The molecule has 1 heterocycles. The van der Waals surface area contributed by atoms with Crippen LogP contribution in [0.25, 0.3) is 11.0 Å². The van der Waals surface area contributed by atoms with Gasteiger partial charge in [0, 0.05) is 16.7 Å². The van der Waals surface area contributed by atoms with E-state index in [1.165, 1.54) is 0 Å². The summed E-state index contributed by atoms with van der Waals surface area (Å²) < 4.78 is 0. The Morgan fingerprint density at radius 2 is 1.74 bits per heavy atom. The van der Waals surface area contributed by atoms with Crippen molar-refractivity contribution in [3.8, 4) is 0 Å². The Morgan fingerprint density at radius 3 is 2.41 bits per heavy atom. The second-order valence-electron chi connectivity index (χ2n) is 7.20. The number of H-pyrrole nitrogens is 1. The number of benzene rings is 2. The van der Waals surface area contributed by atoms with Crippen molar-refractivity contribution in [2.24, 2.45) is 5.41 Å². The maximum absolute atomic E-state index is 12.1. The Kier molecular flexibility index (Phi) is 5.51. The van der Waals surface area contributed by atoms with Gasteiger partial charge in [0.1, 0.15) is 0 Å². The van der Waals surface area contributed by atoms with Crippen LogP contribution in [-0.2, 0) is 10.5 Å². The van der Waals surface area contributed by atoms with Crippen LogP contribution in [0, 0.1) is 5.41 Å². The highest BCUT2D eigenvalue weighted by molar-refractivity contribution is 7.98. The normalized spacial score (nSPS) is 11.4. The monoisotopic (exact) mass is 382 g/mol. The van der Waals surface area contributed by atoms with Gasteiger partial charge in [0.25, 0.3) is 5.91 Å². The quantitative estimate of drug-likeness (QED) is 0.475. The first-order valence-corrected chi connectivity index (χ1v) is 9.59. The molecule has 6 nitrogen and oxygen atoms in total. The lowest BCUT2D eigenvalue weighted by Crippen LogP contribution is -2.46. The van der Waals surface area contributed by atoms with E-state index < -0.39 is 5.41 Å². The molecule has 3 rings (SSSR count). The summed E-state index contributed by atoms with van der Waals surface area (Å²) in [5, 5.41) is 0.864. The van der Waals surface area contributed by atoms with Crippen LogP contribution in [0.2, 0.25) is 0 Å². The number of imidazole rings is 1. The van der Waals surface area contributed by atoms with Gasteiger partial charge in [-0.15, -0.1) is 0 Å². The molecule has 0 aliphatic heterocycles. The fourth-order valence-corrected chi connectivity index (χ4v) is 3.12. The van der Waals surface area contributed by atoms with Gasteiger partial charge in [0.05, 0.1) is 11.0 Å². The largest absolute Gasteiger partial charge is 0.333 e. The van der Waals surface area contributed by atoms with Crippen molar-refractivity contribution in [2.45, 2.75) is 31.7 Å². The van der Waals surface area contributed by atoms with Crippen LogP contribution in [0.3, 0.4) is 0 Å². The van der Waals surface area contributed by atoms with Gasteiger partial charge in [0.2, 0.25) is 5.91 Å². The molecule has 0 saturated carbocycles. The molecule has 0 fully saturated rings. The molecule has 7 heteroatoms. The Labute approximate surface area is 162 Å². The van der Waals surface area contributed by atoms with Crippen molar-refractivity contribution < 1.29 is 9.59 Å². The lowest BCUT2D eigenvalue weighted by Gasteiger charge is -2.17. The predicted octanol–water partition coefficient (Wildman–Crippen LogP) is 3.66.